The largest absolute Gasteiger partial charge is 0.493 e. The third-order valence-electron chi connectivity index (χ3n) is 4.65. The molecular weight excluding hydrogens is 376 g/mol. The van der Waals surface area contributed by atoms with Crippen molar-refractivity contribution in [1.29, 1.82) is 0 Å². The van der Waals surface area contributed by atoms with Crippen LogP contribution in [0.1, 0.15) is 46.9 Å². The SMILES string of the molecule is C#CCOc1ccc(NCc2cccc(O)n2)c(C(=O)c2ccc(C(C)C)cc2)c1. The van der Waals surface area contributed by atoms with Gasteiger partial charge in [0.25, 0.3) is 0 Å². The number of hydrogen-bond donors (Lipinski definition) is 2. The summed E-state index contributed by atoms with van der Waals surface area (Å²) in [6.07, 6.45) is 5.28. The van der Waals surface area contributed by atoms with Crippen molar-refractivity contribution in [2.75, 3.05) is 11.9 Å². The quantitative estimate of drug-likeness (QED) is 0.421. The predicted molar refractivity (Wildman–Crippen MR) is 118 cm³/mol. The van der Waals surface area contributed by atoms with Gasteiger partial charge in [-0.05, 0) is 35.7 Å². The van der Waals surface area contributed by atoms with Crippen LogP contribution < -0.4 is 10.1 Å². The Hall–Kier alpha value is -3.78. The first-order valence-corrected chi connectivity index (χ1v) is 9.71. The second-order valence-corrected chi connectivity index (χ2v) is 7.15. The van der Waals surface area contributed by atoms with Crippen LogP contribution in [-0.2, 0) is 6.54 Å². The number of terminal acetylenes is 1. The molecule has 5 heteroatoms. The number of rotatable bonds is 8. The predicted octanol–water partition coefficient (Wildman–Crippen LogP) is 4.77. The highest BCUT2D eigenvalue weighted by molar-refractivity contribution is 6.12. The van der Waals surface area contributed by atoms with Gasteiger partial charge in [0.2, 0.25) is 5.88 Å². The van der Waals surface area contributed by atoms with Crippen LogP contribution in [0, 0.1) is 12.3 Å². The van der Waals surface area contributed by atoms with E-state index in [1.807, 2.05) is 24.3 Å². The molecule has 0 aliphatic rings. The summed E-state index contributed by atoms with van der Waals surface area (Å²) in [5.74, 6) is 3.17. The molecule has 2 N–H and O–H groups in total. The van der Waals surface area contributed by atoms with Crippen LogP contribution in [0.15, 0.2) is 60.7 Å². The molecule has 0 saturated carbocycles. The number of hydrogen-bond acceptors (Lipinski definition) is 5. The lowest BCUT2D eigenvalue weighted by Crippen LogP contribution is -2.09. The molecule has 1 aromatic heterocycles. The lowest BCUT2D eigenvalue weighted by atomic mass is 9.97. The molecule has 0 amide bonds. The van der Waals surface area contributed by atoms with Gasteiger partial charge in [0.1, 0.15) is 12.4 Å². The van der Waals surface area contributed by atoms with Gasteiger partial charge in [0, 0.05) is 22.9 Å². The Morgan fingerprint density at radius 2 is 1.93 bits per heavy atom. The van der Waals surface area contributed by atoms with Gasteiger partial charge in [-0.2, -0.15) is 0 Å². The topological polar surface area (TPSA) is 71.4 Å². The molecule has 3 aromatic rings. The molecule has 5 nitrogen and oxygen atoms in total. The maximum atomic E-state index is 13.2. The number of ketones is 1. The Labute approximate surface area is 176 Å². The van der Waals surface area contributed by atoms with E-state index in [9.17, 15) is 9.90 Å². The molecule has 0 radical (unpaired) electrons. The number of carbonyl (C=O) groups is 1. The Morgan fingerprint density at radius 1 is 1.17 bits per heavy atom. The summed E-state index contributed by atoms with van der Waals surface area (Å²) in [6, 6.07) is 17.9. The Balaban J connectivity index is 1.90. The first-order valence-electron chi connectivity index (χ1n) is 9.71. The highest BCUT2D eigenvalue weighted by atomic mass is 16.5. The fraction of sp³-hybridized carbons (Fsp3) is 0.200. The van der Waals surface area contributed by atoms with Crippen LogP contribution in [0.25, 0.3) is 0 Å². The van der Waals surface area contributed by atoms with E-state index in [-0.39, 0.29) is 18.3 Å². The van der Waals surface area contributed by atoms with Gasteiger partial charge < -0.3 is 15.2 Å². The van der Waals surface area contributed by atoms with E-state index in [0.29, 0.717) is 40.7 Å². The van der Waals surface area contributed by atoms with Crippen molar-refractivity contribution in [3.8, 4) is 24.0 Å². The van der Waals surface area contributed by atoms with E-state index in [1.54, 1.807) is 30.3 Å². The summed E-state index contributed by atoms with van der Waals surface area (Å²) >= 11 is 0. The number of aromatic nitrogens is 1. The van der Waals surface area contributed by atoms with Gasteiger partial charge in [-0.3, -0.25) is 4.79 Å². The number of nitrogens with one attached hydrogen (secondary N) is 1. The zero-order valence-corrected chi connectivity index (χ0v) is 17.1. The second-order valence-electron chi connectivity index (χ2n) is 7.15. The molecule has 1 heterocycles. The van der Waals surface area contributed by atoms with Crippen molar-refractivity contribution in [3.05, 3.63) is 83.0 Å². The Kier molecular flexibility index (Phi) is 6.71. The summed E-state index contributed by atoms with van der Waals surface area (Å²) in [7, 11) is 0. The number of nitrogens with zero attached hydrogens (tertiary/aromatic N) is 1. The zero-order chi connectivity index (χ0) is 21.5. The first kappa shape index (κ1) is 20.9. The van der Waals surface area contributed by atoms with E-state index in [1.165, 1.54) is 11.6 Å². The van der Waals surface area contributed by atoms with E-state index >= 15 is 0 Å². The minimum atomic E-state index is -0.122. The average molecular weight is 400 g/mol. The molecule has 3 rings (SSSR count). The van der Waals surface area contributed by atoms with Crippen molar-refractivity contribution in [2.24, 2.45) is 0 Å². The van der Waals surface area contributed by atoms with Crippen molar-refractivity contribution in [3.63, 3.8) is 0 Å². The first-order chi connectivity index (χ1) is 14.5. The van der Waals surface area contributed by atoms with Crippen molar-refractivity contribution < 1.29 is 14.6 Å². The molecule has 0 aliphatic carbocycles. The van der Waals surface area contributed by atoms with Gasteiger partial charge in [-0.1, -0.05) is 50.1 Å². The average Bonchev–Trinajstić information content (AvgIpc) is 2.76. The minimum Gasteiger partial charge on any atom is -0.493 e. The maximum Gasteiger partial charge on any atom is 0.210 e. The van der Waals surface area contributed by atoms with E-state index in [0.717, 1.165) is 0 Å². The third-order valence-corrected chi connectivity index (χ3v) is 4.65. The van der Waals surface area contributed by atoms with Gasteiger partial charge in [0.15, 0.2) is 5.78 Å². The van der Waals surface area contributed by atoms with Crippen molar-refractivity contribution in [1.82, 2.24) is 4.98 Å². The molecule has 0 saturated heterocycles. The van der Waals surface area contributed by atoms with Crippen molar-refractivity contribution >= 4 is 11.5 Å². The molecule has 0 fully saturated rings. The fourth-order valence-electron chi connectivity index (χ4n) is 3.01. The van der Waals surface area contributed by atoms with Gasteiger partial charge in [0.05, 0.1) is 12.2 Å². The van der Waals surface area contributed by atoms with Crippen LogP contribution in [0.3, 0.4) is 0 Å². The standard InChI is InChI=1S/C25H24N2O3/c1-4-14-30-21-12-13-23(26-16-20-6-5-7-24(28)27-20)22(15-21)25(29)19-10-8-18(9-11-19)17(2)3/h1,5-13,15,17,26H,14,16H2,2-3H3,(H,27,28). The monoisotopic (exact) mass is 400 g/mol. The Bertz CT molecular complexity index is 1070. The van der Waals surface area contributed by atoms with Crippen LogP contribution >= 0.6 is 0 Å². The fourth-order valence-corrected chi connectivity index (χ4v) is 3.01. The Morgan fingerprint density at radius 3 is 2.60 bits per heavy atom. The number of carbonyl (C=O) groups excluding carboxylic acids is 1. The molecule has 152 valence electrons. The van der Waals surface area contributed by atoms with E-state index in [4.69, 9.17) is 11.2 Å². The summed E-state index contributed by atoms with van der Waals surface area (Å²) in [5.41, 5.74) is 3.54. The second kappa shape index (κ2) is 9.62. The maximum absolute atomic E-state index is 13.2. The van der Waals surface area contributed by atoms with Crippen LogP contribution in [0.5, 0.6) is 11.6 Å². The van der Waals surface area contributed by atoms with E-state index < -0.39 is 0 Å². The van der Waals surface area contributed by atoms with Crippen LogP contribution in [0.4, 0.5) is 5.69 Å². The van der Waals surface area contributed by atoms with E-state index in [2.05, 4.69) is 30.1 Å². The van der Waals surface area contributed by atoms with Crippen molar-refractivity contribution in [2.45, 2.75) is 26.3 Å². The lowest BCUT2D eigenvalue weighted by Gasteiger charge is -2.14. The molecule has 0 bridgehead atoms. The van der Waals surface area contributed by atoms with Crippen LogP contribution in [0.2, 0.25) is 0 Å². The molecule has 0 spiro atoms. The molecule has 0 unspecified atom stereocenters. The summed E-state index contributed by atoms with van der Waals surface area (Å²) in [6.45, 7) is 4.70. The minimum absolute atomic E-state index is 0.0473. The summed E-state index contributed by atoms with van der Waals surface area (Å²) in [4.78, 5) is 17.3. The summed E-state index contributed by atoms with van der Waals surface area (Å²) in [5, 5.41) is 12.8. The normalized spacial score (nSPS) is 10.5. The third kappa shape index (κ3) is 5.18. The number of aromatic hydroxyl groups is 1. The van der Waals surface area contributed by atoms with Gasteiger partial charge in [-0.15, -0.1) is 6.42 Å². The smallest absolute Gasteiger partial charge is 0.210 e. The van der Waals surface area contributed by atoms with Crippen LogP contribution in [-0.4, -0.2) is 22.5 Å². The zero-order valence-electron chi connectivity index (χ0n) is 17.1. The molecule has 0 atom stereocenters. The highest BCUT2D eigenvalue weighted by Gasteiger charge is 2.16. The van der Waals surface area contributed by atoms with Gasteiger partial charge in [-0.25, -0.2) is 4.98 Å². The number of pyridine rings is 1. The highest BCUT2D eigenvalue weighted by Crippen LogP contribution is 2.26. The molecule has 30 heavy (non-hydrogen) atoms. The molecule has 0 aliphatic heterocycles. The molecular formula is C25H24N2O3. The molecule has 2 aromatic carbocycles. The van der Waals surface area contributed by atoms with Gasteiger partial charge >= 0.3 is 0 Å². The number of anilines is 1. The lowest BCUT2D eigenvalue weighted by molar-refractivity contribution is 0.103. The number of ether oxygens (including phenoxy) is 1. The number of benzene rings is 2. The summed E-state index contributed by atoms with van der Waals surface area (Å²) < 4.78 is 5.50.